The average Bonchev–Trinajstić information content (AvgIpc) is 2.43. The summed E-state index contributed by atoms with van der Waals surface area (Å²) >= 11 is 6.98. The number of ether oxygens (including phenoxy) is 1. The van der Waals surface area contributed by atoms with Crippen molar-refractivity contribution in [2.75, 3.05) is 14.2 Å². The van der Waals surface area contributed by atoms with Crippen LogP contribution in [0.5, 0.6) is 5.75 Å². The highest BCUT2D eigenvalue weighted by Crippen LogP contribution is 2.27. The molecule has 1 atom stereocenters. The van der Waals surface area contributed by atoms with E-state index in [0.29, 0.717) is 6.42 Å². The number of hydrogen-bond donors (Lipinski definition) is 1. The minimum atomic E-state index is -0.333. The molecule has 0 saturated carbocycles. The van der Waals surface area contributed by atoms with Crippen molar-refractivity contribution in [2.45, 2.75) is 12.5 Å². The van der Waals surface area contributed by atoms with E-state index in [1.807, 2.05) is 19.2 Å². The zero-order valence-electron chi connectivity index (χ0n) is 11.8. The van der Waals surface area contributed by atoms with Gasteiger partial charge >= 0.3 is 0 Å². The minimum absolute atomic E-state index is 0.103. The second-order valence-corrected chi connectivity index (χ2v) is 6.55. The molecule has 0 fully saturated rings. The molecule has 0 aliphatic carbocycles. The molecule has 0 aliphatic heterocycles. The summed E-state index contributed by atoms with van der Waals surface area (Å²) in [4.78, 5) is 0. The molecule has 1 unspecified atom stereocenters. The lowest BCUT2D eigenvalue weighted by atomic mass is 9.99. The first-order valence-electron chi connectivity index (χ1n) is 6.49. The van der Waals surface area contributed by atoms with E-state index in [4.69, 9.17) is 4.74 Å². The number of rotatable bonds is 5. The molecule has 1 N–H and O–H groups in total. The van der Waals surface area contributed by atoms with E-state index < -0.39 is 0 Å². The first-order chi connectivity index (χ1) is 10.0. The molecule has 0 amide bonds. The van der Waals surface area contributed by atoms with Gasteiger partial charge in [-0.25, -0.2) is 4.39 Å². The van der Waals surface area contributed by atoms with Crippen molar-refractivity contribution in [3.8, 4) is 5.75 Å². The van der Waals surface area contributed by atoms with E-state index in [9.17, 15) is 4.39 Å². The maximum absolute atomic E-state index is 13.8. The SMILES string of the molecule is CNC(Cc1ccc(OC)c(F)c1)c1cc(Br)cc(Br)c1. The molecule has 21 heavy (non-hydrogen) atoms. The average molecular weight is 417 g/mol. The fourth-order valence-corrected chi connectivity index (χ4v) is 3.56. The summed E-state index contributed by atoms with van der Waals surface area (Å²) in [7, 11) is 3.37. The van der Waals surface area contributed by atoms with E-state index in [1.54, 1.807) is 6.07 Å². The van der Waals surface area contributed by atoms with E-state index in [1.165, 1.54) is 13.2 Å². The zero-order chi connectivity index (χ0) is 15.4. The molecule has 0 aromatic heterocycles. The van der Waals surface area contributed by atoms with Crippen LogP contribution in [0.4, 0.5) is 4.39 Å². The molecular formula is C16H16Br2FNO. The van der Waals surface area contributed by atoms with Crippen LogP contribution in [0.25, 0.3) is 0 Å². The Kier molecular flexibility index (Phi) is 5.79. The van der Waals surface area contributed by atoms with Gasteiger partial charge in [0.05, 0.1) is 7.11 Å². The van der Waals surface area contributed by atoms with Gasteiger partial charge < -0.3 is 10.1 Å². The van der Waals surface area contributed by atoms with Crippen LogP contribution in [0.1, 0.15) is 17.2 Å². The highest BCUT2D eigenvalue weighted by atomic mass is 79.9. The molecule has 2 aromatic rings. The number of methoxy groups -OCH3 is 1. The highest BCUT2D eigenvalue weighted by molar-refractivity contribution is 9.11. The third-order valence-corrected chi connectivity index (χ3v) is 4.21. The number of likely N-dealkylation sites (N-methyl/N-ethyl adjacent to an activating group) is 1. The monoisotopic (exact) mass is 415 g/mol. The quantitative estimate of drug-likeness (QED) is 0.751. The van der Waals surface area contributed by atoms with Gasteiger partial charge in [-0.15, -0.1) is 0 Å². The molecule has 2 rings (SSSR count). The molecule has 0 aliphatic rings. The van der Waals surface area contributed by atoms with Crippen molar-refractivity contribution >= 4 is 31.9 Å². The highest BCUT2D eigenvalue weighted by Gasteiger charge is 2.13. The fraction of sp³-hybridized carbons (Fsp3) is 0.250. The van der Waals surface area contributed by atoms with Gasteiger partial charge in [0.1, 0.15) is 0 Å². The van der Waals surface area contributed by atoms with Crippen LogP contribution in [-0.4, -0.2) is 14.2 Å². The standard InChI is InChI=1S/C16H16Br2FNO/c1-20-15(11-7-12(17)9-13(18)8-11)6-10-3-4-16(21-2)14(19)5-10/h3-5,7-9,15,20H,6H2,1-2H3. The predicted molar refractivity (Wildman–Crippen MR) is 90.3 cm³/mol. The van der Waals surface area contributed by atoms with Crippen molar-refractivity contribution in [3.63, 3.8) is 0 Å². The van der Waals surface area contributed by atoms with Crippen LogP contribution in [0.2, 0.25) is 0 Å². The van der Waals surface area contributed by atoms with E-state index in [2.05, 4.69) is 49.3 Å². The topological polar surface area (TPSA) is 21.3 Å². The summed E-state index contributed by atoms with van der Waals surface area (Å²) < 4.78 is 20.7. The lowest BCUT2D eigenvalue weighted by molar-refractivity contribution is 0.386. The van der Waals surface area contributed by atoms with Gasteiger partial charge in [0.25, 0.3) is 0 Å². The second-order valence-electron chi connectivity index (χ2n) is 4.72. The smallest absolute Gasteiger partial charge is 0.165 e. The number of benzene rings is 2. The van der Waals surface area contributed by atoms with E-state index in [0.717, 1.165) is 20.1 Å². The van der Waals surface area contributed by atoms with Crippen molar-refractivity contribution < 1.29 is 9.13 Å². The van der Waals surface area contributed by atoms with Gasteiger partial charge in [-0.1, -0.05) is 37.9 Å². The summed E-state index contributed by atoms with van der Waals surface area (Å²) in [5.41, 5.74) is 2.05. The zero-order valence-corrected chi connectivity index (χ0v) is 15.0. The summed E-state index contributed by atoms with van der Waals surface area (Å²) in [5, 5.41) is 3.27. The van der Waals surface area contributed by atoms with Crippen LogP contribution in [0.3, 0.4) is 0 Å². The van der Waals surface area contributed by atoms with Gasteiger partial charge in [0, 0.05) is 15.0 Å². The Balaban J connectivity index is 2.24. The number of halogens is 3. The molecule has 0 bridgehead atoms. The van der Waals surface area contributed by atoms with Crippen LogP contribution in [0.15, 0.2) is 45.3 Å². The Hall–Kier alpha value is -0.910. The van der Waals surface area contributed by atoms with Crippen LogP contribution < -0.4 is 10.1 Å². The van der Waals surface area contributed by atoms with Gasteiger partial charge in [0.2, 0.25) is 0 Å². The first kappa shape index (κ1) is 16.5. The van der Waals surface area contributed by atoms with Crippen molar-refractivity contribution in [3.05, 3.63) is 62.3 Å². The molecule has 2 nitrogen and oxygen atoms in total. The van der Waals surface area contributed by atoms with Crippen LogP contribution >= 0.6 is 31.9 Å². The molecule has 0 spiro atoms. The van der Waals surface area contributed by atoms with Gasteiger partial charge in [0.15, 0.2) is 11.6 Å². The Bertz CT molecular complexity index is 613. The van der Waals surface area contributed by atoms with Gasteiger partial charge in [-0.05, 0) is 54.9 Å². The van der Waals surface area contributed by atoms with Gasteiger partial charge in [-0.2, -0.15) is 0 Å². The largest absolute Gasteiger partial charge is 0.494 e. The second kappa shape index (κ2) is 7.38. The summed E-state index contributed by atoms with van der Waals surface area (Å²) in [6, 6.07) is 11.3. The molecule has 0 radical (unpaired) electrons. The van der Waals surface area contributed by atoms with E-state index >= 15 is 0 Å². The van der Waals surface area contributed by atoms with Crippen molar-refractivity contribution in [1.29, 1.82) is 0 Å². The first-order valence-corrected chi connectivity index (χ1v) is 8.07. The lowest BCUT2D eigenvalue weighted by Crippen LogP contribution is -2.19. The van der Waals surface area contributed by atoms with Crippen molar-refractivity contribution in [1.82, 2.24) is 5.32 Å². The maximum Gasteiger partial charge on any atom is 0.165 e. The predicted octanol–water partition coefficient (Wildman–Crippen LogP) is 4.86. The molecule has 0 heterocycles. The van der Waals surface area contributed by atoms with Gasteiger partial charge in [-0.3, -0.25) is 0 Å². The number of nitrogens with one attached hydrogen (secondary N) is 1. The van der Waals surface area contributed by atoms with E-state index in [-0.39, 0.29) is 17.6 Å². The summed E-state index contributed by atoms with van der Waals surface area (Å²) in [6.45, 7) is 0. The summed E-state index contributed by atoms with van der Waals surface area (Å²) in [6.07, 6.45) is 0.695. The van der Waals surface area contributed by atoms with Crippen LogP contribution in [-0.2, 0) is 6.42 Å². The fourth-order valence-electron chi connectivity index (χ4n) is 2.24. The number of hydrogen-bond acceptors (Lipinski definition) is 2. The molecule has 5 heteroatoms. The molecule has 112 valence electrons. The molecule has 0 saturated heterocycles. The van der Waals surface area contributed by atoms with Crippen molar-refractivity contribution in [2.24, 2.45) is 0 Å². The molecule has 2 aromatic carbocycles. The Morgan fingerprint density at radius 2 is 1.81 bits per heavy atom. The molecular weight excluding hydrogens is 401 g/mol. The third-order valence-electron chi connectivity index (χ3n) is 3.29. The van der Waals surface area contributed by atoms with Crippen LogP contribution in [0, 0.1) is 5.82 Å². The Labute approximate surface area is 141 Å². The third kappa shape index (κ3) is 4.28. The Morgan fingerprint density at radius 3 is 2.33 bits per heavy atom. The normalized spacial score (nSPS) is 12.2. The maximum atomic E-state index is 13.8. The minimum Gasteiger partial charge on any atom is -0.494 e. The summed E-state index contributed by atoms with van der Waals surface area (Å²) in [5.74, 6) is -0.0646. The lowest BCUT2D eigenvalue weighted by Gasteiger charge is -2.18. The Morgan fingerprint density at radius 1 is 1.14 bits per heavy atom.